The van der Waals surface area contributed by atoms with Gasteiger partial charge >= 0.3 is 0 Å². The summed E-state index contributed by atoms with van der Waals surface area (Å²) in [6.07, 6.45) is 0. The molecule has 0 aliphatic heterocycles. The van der Waals surface area contributed by atoms with Gasteiger partial charge in [-0.25, -0.2) is 0 Å². The van der Waals surface area contributed by atoms with E-state index in [-0.39, 0.29) is 9.79 Å². The molecular weight excluding hydrogens is 400 g/mol. The lowest BCUT2D eigenvalue weighted by Gasteiger charge is -2.16. The Labute approximate surface area is 159 Å². The van der Waals surface area contributed by atoms with Crippen LogP contribution in [0.1, 0.15) is 0 Å². The highest BCUT2D eigenvalue weighted by molar-refractivity contribution is 7.86. The maximum absolute atomic E-state index is 11.8. The van der Waals surface area contributed by atoms with Crippen molar-refractivity contribution >= 4 is 63.3 Å². The second-order valence-electron chi connectivity index (χ2n) is 6.70. The lowest BCUT2D eigenvalue weighted by molar-refractivity contribution is 0.481. The monoisotopic (exact) mass is 412 g/mol. The zero-order valence-electron chi connectivity index (χ0n) is 14.1. The van der Waals surface area contributed by atoms with E-state index in [1.165, 1.54) is 24.3 Å². The molecule has 0 aliphatic rings. The maximum Gasteiger partial charge on any atom is 0.294 e. The first-order valence-electron chi connectivity index (χ1n) is 8.24. The summed E-state index contributed by atoms with van der Waals surface area (Å²) in [6.45, 7) is 0. The zero-order chi connectivity index (χ0) is 19.8. The van der Waals surface area contributed by atoms with E-state index in [9.17, 15) is 25.9 Å². The van der Waals surface area contributed by atoms with Crippen molar-refractivity contribution in [3.8, 4) is 0 Å². The third-order valence-corrected chi connectivity index (χ3v) is 6.74. The molecule has 0 aliphatic carbocycles. The highest BCUT2D eigenvalue weighted by Crippen LogP contribution is 2.42. The van der Waals surface area contributed by atoms with Crippen LogP contribution in [0.4, 0.5) is 0 Å². The Morgan fingerprint density at radius 2 is 0.964 bits per heavy atom. The molecule has 0 aromatic heterocycles. The predicted octanol–water partition coefficient (Wildman–Crippen LogP) is 4.23. The van der Waals surface area contributed by atoms with Gasteiger partial charge in [0.15, 0.2) is 0 Å². The molecule has 0 spiro atoms. The summed E-state index contributed by atoms with van der Waals surface area (Å²) in [6, 6.07) is 16.4. The molecule has 0 amide bonds. The van der Waals surface area contributed by atoms with Gasteiger partial charge in [-0.1, -0.05) is 36.4 Å². The van der Waals surface area contributed by atoms with Gasteiger partial charge in [-0.3, -0.25) is 9.11 Å². The van der Waals surface area contributed by atoms with E-state index in [2.05, 4.69) is 0 Å². The minimum Gasteiger partial charge on any atom is -0.282 e. The normalized spacial score (nSPS) is 13.2. The number of benzene rings is 5. The van der Waals surface area contributed by atoms with Crippen LogP contribution >= 0.6 is 0 Å². The molecule has 6 nitrogen and oxygen atoms in total. The van der Waals surface area contributed by atoms with Crippen molar-refractivity contribution in [2.24, 2.45) is 0 Å². The van der Waals surface area contributed by atoms with Crippen molar-refractivity contribution in [2.75, 3.05) is 0 Å². The van der Waals surface area contributed by atoms with Gasteiger partial charge in [0.05, 0.1) is 9.79 Å². The topological polar surface area (TPSA) is 109 Å². The van der Waals surface area contributed by atoms with Gasteiger partial charge in [-0.2, -0.15) is 16.8 Å². The molecule has 5 aromatic carbocycles. The van der Waals surface area contributed by atoms with Crippen molar-refractivity contribution in [1.29, 1.82) is 0 Å². The third-order valence-electron chi connectivity index (χ3n) is 5.08. The van der Waals surface area contributed by atoms with Crippen LogP contribution in [0.3, 0.4) is 0 Å². The lowest BCUT2D eigenvalue weighted by atomic mass is 9.90. The molecule has 28 heavy (non-hydrogen) atoms. The van der Waals surface area contributed by atoms with Crippen LogP contribution in [0.25, 0.3) is 43.1 Å². The van der Waals surface area contributed by atoms with Gasteiger partial charge in [-0.15, -0.1) is 0 Å². The van der Waals surface area contributed by atoms with Crippen molar-refractivity contribution in [2.45, 2.75) is 9.79 Å². The van der Waals surface area contributed by atoms with Gasteiger partial charge < -0.3 is 0 Å². The number of hydrogen-bond acceptors (Lipinski definition) is 4. The van der Waals surface area contributed by atoms with Gasteiger partial charge in [0.2, 0.25) is 0 Å². The first-order chi connectivity index (χ1) is 13.1. The third kappa shape index (κ3) is 2.39. The molecule has 8 heteroatoms. The highest BCUT2D eigenvalue weighted by atomic mass is 32.2. The van der Waals surface area contributed by atoms with Gasteiger partial charge in [-0.05, 0) is 67.4 Å². The minimum absolute atomic E-state index is 0.293. The van der Waals surface area contributed by atoms with Gasteiger partial charge in [0.25, 0.3) is 20.2 Å². The Kier molecular flexibility index (Phi) is 3.34. The van der Waals surface area contributed by atoms with Crippen LogP contribution in [0.2, 0.25) is 0 Å². The summed E-state index contributed by atoms with van der Waals surface area (Å²) in [4.78, 5) is -0.686. The summed E-state index contributed by atoms with van der Waals surface area (Å²) >= 11 is 0. The van der Waals surface area contributed by atoms with Crippen molar-refractivity contribution in [3.63, 3.8) is 0 Å². The van der Waals surface area contributed by atoms with Crippen molar-refractivity contribution in [1.82, 2.24) is 0 Å². The molecule has 5 aromatic rings. The Morgan fingerprint density at radius 3 is 1.39 bits per heavy atom. The van der Waals surface area contributed by atoms with E-state index in [0.717, 1.165) is 21.5 Å². The van der Waals surface area contributed by atoms with Crippen LogP contribution in [0.5, 0.6) is 0 Å². The van der Waals surface area contributed by atoms with E-state index >= 15 is 0 Å². The first kappa shape index (κ1) is 17.3. The number of hydrogen-bond donors (Lipinski definition) is 2. The fourth-order valence-corrected chi connectivity index (χ4v) is 5.06. The quantitative estimate of drug-likeness (QED) is 0.255. The second kappa shape index (κ2) is 5.39. The lowest BCUT2D eigenvalue weighted by Crippen LogP contribution is -2.01. The Hall–Kier alpha value is -2.78. The van der Waals surface area contributed by atoms with E-state index in [1.807, 2.05) is 36.4 Å². The minimum atomic E-state index is -4.52. The smallest absolute Gasteiger partial charge is 0.282 e. The molecule has 140 valence electrons. The zero-order valence-corrected chi connectivity index (χ0v) is 15.8. The van der Waals surface area contributed by atoms with Gasteiger partial charge in [0, 0.05) is 0 Å². The molecule has 0 fully saturated rings. The summed E-state index contributed by atoms with van der Waals surface area (Å²) in [7, 11) is -9.04. The molecule has 2 N–H and O–H groups in total. The highest BCUT2D eigenvalue weighted by Gasteiger charge is 2.20. The molecular formula is C20H12O6S2. The Morgan fingerprint density at radius 1 is 0.536 bits per heavy atom. The van der Waals surface area contributed by atoms with E-state index in [4.69, 9.17) is 0 Å². The van der Waals surface area contributed by atoms with Crippen LogP contribution in [-0.2, 0) is 20.2 Å². The standard InChI is InChI=1S/C20H12O6S2/c21-27(22,23)13-7-12-8-14(28(24,25)26)10-18-16-6-2-4-11-3-1-5-15(19(11)16)17(9-13)20(12)18/h1-10H,(H,21,22,23)(H,24,25,26). The van der Waals surface area contributed by atoms with Crippen LogP contribution in [-0.4, -0.2) is 25.9 Å². The summed E-state index contributed by atoms with van der Waals surface area (Å²) in [5.41, 5.74) is 0. The van der Waals surface area contributed by atoms with E-state index in [0.29, 0.717) is 21.5 Å². The maximum atomic E-state index is 11.8. The molecule has 0 heterocycles. The molecule has 0 unspecified atom stereocenters. The summed E-state index contributed by atoms with van der Waals surface area (Å²) in [5.74, 6) is 0. The van der Waals surface area contributed by atoms with Crippen molar-refractivity contribution in [3.05, 3.63) is 60.7 Å². The number of fused-ring (bicyclic) bond motifs is 2. The summed E-state index contributed by atoms with van der Waals surface area (Å²) < 4.78 is 66.4. The largest absolute Gasteiger partial charge is 0.294 e. The SMILES string of the molecule is O=S(=O)(O)c1cc2cc(S(=O)(=O)O)cc3c4cccc5cccc(c(c1)c23)c54. The van der Waals surface area contributed by atoms with E-state index in [1.54, 1.807) is 0 Å². The summed E-state index contributed by atoms with van der Waals surface area (Å²) in [5, 5.41) is 5.43. The van der Waals surface area contributed by atoms with Crippen LogP contribution in [0.15, 0.2) is 70.5 Å². The number of rotatable bonds is 2. The predicted molar refractivity (Wildman–Crippen MR) is 107 cm³/mol. The fraction of sp³-hybridized carbons (Fsp3) is 0. The fourth-order valence-electron chi connectivity index (χ4n) is 3.97. The Balaban J connectivity index is 2.20. The first-order valence-corrected chi connectivity index (χ1v) is 11.1. The van der Waals surface area contributed by atoms with Crippen LogP contribution < -0.4 is 0 Å². The molecule has 0 saturated heterocycles. The molecule has 5 rings (SSSR count). The van der Waals surface area contributed by atoms with Gasteiger partial charge in [0.1, 0.15) is 0 Å². The van der Waals surface area contributed by atoms with Crippen LogP contribution in [0, 0.1) is 0 Å². The average molecular weight is 412 g/mol. The molecule has 0 atom stereocenters. The van der Waals surface area contributed by atoms with E-state index < -0.39 is 20.2 Å². The molecule has 0 saturated carbocycles. The van der Waals surface area contributed by atoms with Crippen molar-refractivity contribution < 1.29 is 25.9 Å². The molecule has 0 bridgehead atoms. The second-order valence-corrected chi connectivity index (χ2v) is 9.54. The molecule has 0 radical (unpaired) electrons. The average Bonchev–Trinajstić information content (AvgIpc) is 2.63. The Bertz CT molecular complexity index is 1540.